The molecule has 1 N–H and O–H groups in total. The largest absolute Gasteiger partial charge is 0.497 e. The molecule has 1 amide bonds. The molecule has 132 valence electrons. The summed E-state index contributed by atoms with van der Waals surface area (Å²) in [4.78, 5) is 24.2. The van der Waals surface area contributed by atoms with Crippen LogP contribution >= 0.6 is 11.8 Å². The van der Waals surface area contributed by atoms with E-state index in [2.05, 4.69) is 5.32 Å². The van der Waals surface area contributed by atoms with Crippen LogP contribution in [0.15, 0.2) is 29.2 Å². The fourth-order valence-electron chi connectivity index (χ4n) is 2.18. The van der Waals surface area contributed by atoms with Crippen molar-refractivity contribution in [1.29, 1.82) is 0 Å². The Balaban J connectivity index is 1.66. The van der Waals surface area contributed by atoms with Crippen molar-refractivity contribution in [3.05, 3.63) is 24.3 Å². The number of thioether (sulfide) groups is 1. The molecule has 1 aromatic rings. The SMILES string of the molecule is COc1ccc(SCC(=O)OCC(=O)N[C@@H]2CCS(=O)(=O)C2)cc1. The molecule has 1 atom stereocenters. The molecule has 0 saturated carbocycles. The molecule has 0 aromatic heterocycles. The number of amides is 1. The van der Waals surface area contributed by atoms with Crippen LogP contribution < -0.4 is 10.1 Å². The quantitative estimate of drug-likeness (QED) is 0.553. The van der Waals surface area contributed by atoms with Gasteiger partial charge in [-0.1, -0.05) is 0 Å². The van der Waals surface area contributed by atoms with Gasteiger partial charge in [-0.15, -0.1) is 11.8 Å². The van der Waals surface area contributed by atoms with Gasteiger partial charge in [0.15, 0.2) is 16.4 Å². The number of carbonyl (C=O) groups excluding carboxylic acids is 2. The van der Waals surface area contributed by atoms with Gasteiger partial charge in [-0.3, -0.25) is 9.59 Å². The predicted octanol–water partition coefficient (Wildman–Crippen LogP) is 0.634. The lowest BCUT2D eigenvalue weighted by atomic mass is 10.2. The van der Waals surface area contributed by atoms with Crippen molar-refractivity contribution in [1.82, 2.24) is 5.32 Å². The third-order valence-electron chi connectivity index (χ3n) is 3.38. The van der Waals surface area contributed by atoms with E-state index in [-0.39, 0.29) is 17.3 Å². The Morgan fingerprint density at radius 1 is 1.29 bits per heavy atom. The molecule has 0 spiro atoms. The highest BCUT2D eigenvalue weighted by molar-refractivity contribution is 8.00. The molecule has 0 aliphatic carbocycles. The van der Waals surface area contributed by atoms with Crippen LogP contribution in [0.2, 0.25) is 0 Å². The number of hydrogen-bond donors (Lipinski definition) is 1. The number of benzene rings is 1. The van der Waals surface area contributed by atoms with Gasteiger partial charge in [-0.05, 0) is 30.7 Å². The zero-order valence-corrected chi connectivity index (χ0v) is 14.8. The van der Waals surface area contributed by atoms with Gasteiger partial charge in [0.2, 0.25) is 0 Å². The second-order valence-corrected chi connectivity index (χ2v) is 8.57. The van der Waals surface area contributed by atoms with Gasteiger partial charge in [0.1, 0.15) is 5.75 Å². The fourth-order valence-corrected chi connectivity index (χ4v) is 4.55. The van der Waals surface area contributed by atoms with Gasteiger partial charge in [0.05, 0.1) is 24.4 Å². The molecule has 2 rings (SSSR count). The molecule has 1 saturated heterocycles. The van der Waals surface area contributed by atoms with Crippen molar-refractivity contribution >= 4 is 33.5 Å². The second kappa shape index (κ2) is 8.39. The highest BCUT2D eigenvalue weighted by Crippen LogP contribution is 2.21. The minimum absolute atomic E-state index is 0.0555. The summed E-state index contributed by atoms with van der Waals surface area (Å²) in [5.74, 6) is -0.161. The van der Waals surface area contributed by atoms with Crippen LogP contribution in [0.4, 0.5) is 0 Å². The van der Waals surface area contributed by atoms with Crippen LogP contribution in [0.3, 0.4) is 0 Å². The van der Waals surface area contributed by atoms with Crippen molar-refractivity contribution in [2.75, 3.05) is 31.0 Å². The first-order valence-corrected chi connectivity index (χ1v) is 10.1. The molecule has 1 heterocycles. The van der Waals surface area contributed by atoms with E-state index < -0.39 is 34.4 Å². The fraction of sp³-hybridized carbons (Fsp3) is 0.467. The zero-order chi connectivity index (χ0) is 17.6. The number of ether oxygens (including phenoxy) is 2. The van der Waals surface area contributed by atoms with Crippen molar-refractivity contribution < 1.29 is 27.5 Å². The lowest BCUT2D eigenvalue weighted by Crippen LogP contribution is -2.38. The third kappa shape index (κ3) is 6.04. The molecular weight excluding hydrogens is 354 g/mol. The van der Waals surface area contributed by atoms with Crippen molar-refractivity contribution in [2.24, 2.45) is 0 Å². The van der Waals surface area contributed by atoms with E-state index in [1.165, 1.54) is 11.8 Å². The van der Waals surface area contributed by atoms with Crippen LogP contribution in [-0.2, 0) is 24.2 Å². The Kier molecular flexibility index (Phi) is 6.50. The Hall–Kier alpha value is -1.74. The number of sulfone groups is 1. The first-order valence-electron chi connectivity index (χ1n) is 7.30. The number of esters is 1. The number of nitrogens with one attached hydrogen (secondary N) is 1. The van der Waals surface area contributed by atoms with Crippen LogP contribution in [0.25, 0.3) is 0 Å². The van der Waals surface area contributed by atoms with Gasteiger partial charge in [0, 0.05) is 10.9 Å². The average molecular weight is 373 g/mol. The lowest BCUT2D eigenvalue weighted by Gasteiger charge is -2.11. The van der Waals surface area contributed by atoms with Crippen molar-refractivity contribution in [3.8, 4) is 5.75 Å². The monoisotopic (exact) mass is 373 g/mol. The highest BCUT2D eigenvalue weighted by atomic mass is 32.2. The smallest absolute Gasteiger partial charge is 0.316 e. The first-order chi connectivity index (χ1) is 11.4. The Morgan fingerprint density at radius 3 is 2.58 bits per heavy atom. The summed E-state index contributed by atoms with van der Waals surface area (Å²) in [6, 6.07) is 6.83. The first kappa shape index (κ1) is 18.6. The highest BCUT2D eigenvalue weighted by Gasteiger charge is 2.28. The van der Waals surface area contributed by atoms with E-state index in [0.717, 1.165) is 10.6 Å². The van der Waals surface area contributed by atoms with Crippen LogP contribution in [0.1, 0.15) is 6.42 Å². The normalized spacial score (nSPS) is 18.8. The Labute approximate surface area is 145 Å². The number of methoxy groups -OCH3 is 1. The molecule has 1 aromatic carbocycles. The van der Waals surface area contributed by atoms with Crippen LogP contribution in [-0.4, -0.2) is 57.3 Å². The zero-order valence-electron chi connectivity index (χ0n) is 13.2. The number of hydrogen-bond acceptors (Lipinski definition) is 7. The Morgan fingerprint density at radius 2 is 2.00 bits per heavy atom. The molecule has 0 radical (unpaired) electrons. The average Bonchev–Trinajstić information content (AvgIpc) is 2.90. The summed E-state index contributed by atoms with van der Waals surface area (Å²) in [5, 5.41) is 2.56. The van der Waals surface area contributed by atoms with Gasteiger partial charge in [0.25, 0.3) is 5.91 Å². The standard InChI is InChI=1S/C15H19NO6S2/c1-21-12-2-4-13(5-3-12)23-9-15(18)22-8-14(17)16-11-6-7-24(19,20)10-11/h2-5,11H,6-10H2,1H3,(H,16,17)/t11-/m1/s1. The molecule has 1 fully saturated rings. The maximum absolute atomic E-state index is 11.7. The number of carbonyl (C=O) groups is 2. The van der Waals surface area contributed by atoms with E-state index in [4.69, 9.17) is 9.47 Å². The van der Waals surface area contributed by atoms with Gasteiger partial charge in [-0.25, -0.2) is 8.42 Å². The van der Waals surface area contributed by atoms with Gasteiger partial charge in [-0.2, -0.15) is 0 Å². The van der Waals surface area contributed by atoms with E-state index in [1.807, 2.05) is 12.1 Å². The van der Waals surface area contributed by atoms with Crippen LogP contribution in [0, 0.1) is 0 Å². The summed E-state index contributed by atoms with van der Waals surface area (Å²) >= 11 is 1.29. The third-order valence-corrected chi connectivity index (χ3v) is 6.13. The summed E-state index contributed by atoms with van der Waals surface area (Å²) in [7, 11) is -1.48. The molecule has 24 heavy (non-hydrogen) atoms. The number of rotatable bonds is 7. The minimum Gasteiger partial charge on any atom is -0.497 e. The maximum Gasteiger partial charge on any atom is 0.316 e. The maximum atomic E-state index is 11.7. The van der Waals surface area contributed by atoms with E-state index >= 15 is 0 Å². The van der Waals surface area contributed by atoms with E-state index in [0.29, 0.717) is 6.42 Å². The van der Waals surface area contributed by atoms with E-state index in [9.17, 15) is 18.0 Å². The lowest BCUT2D eigenvalue weighted by molar-refractivity contribution is -0.146. The van der Waals surface area contributed by atoms with E-state index in [1.54, 1.807) is 19.2 Å². The molecule has 1 aliphatic rings. The summed E-state index contributed by atoms with van der Waals surface area (Å²) in [6.45, 7) is -0.404. The van der Waals surface area contributed by atoms with Crippen molar-refractivity contribution in [3.63, 3.8) is 0 Å². The molecule has 0 bridgehead atoms. The summed E-state index contributed by atoms with van der Waals surface area (Å²) in [6.07, 6.45) is 0.398. The Bertz CT molecular complexity index is 686. The van der Waals surface area contributed by atoms with Gasteiger partial charge >= 0.3 is 5.97 Å². The molecular formula is C15H19NO6S2. The molecule has 9 heteroatoms. The summed E-state index contributed by atoms with van der Waals surface area (Å²) in [5.41, 5.74) is 0. The molecule has 0 unspecified atom stereocenters. The summed E-state index contributed by atoms with van der Waals surface area (Å²) < 4.78 is 32.5. The molecule has 7 nitrogen and oxygen atoms in total. The topological polar surface area (TPSA) is 98.8 Å². The second-order valence-electron chi connectivity index (χ2n) is 5.29. The van der Waals surface area contributed by atoms with Crippen molar-refractivity contribution in [2.45, 2.75) is 17.4 Å². The van der Waals surface area contributed by atoms with Crippen LogP contribution in [0.5, 0.6) is 5.75 Å². The minimum atomic E-state index is -3.05. The predicted molar refractivity (Wildman–Crippen MR) is 89.9 cm³/mol. The van der Waals surface area contributed by atoms with Gasteiger partial charge < -0.3 is 14.8 Å². The molecule has 1 aliphatic heterocycles.